The van der Waals surface area contributed by atoms with E-state index in [-0.39, 0.29) is 6.61 Å². The Morgan fingerprint density at radius 3 is 2.64 bits per heavy atom. The molecule has 0 aliphatic rings. The second-order valence-corrected chi connectivity index (χ2v) is 3.07. The van der Waals surface area contributed by atoms with Gasteiger partial charge >= 0.3 is 0 Å². The molecule has 0 spiro atoms. The molecule has 0 amide bonds. The molecule has 1 nitrogen and oxygen atoms in total. The van der Waals surface area contributed by atoms with Gasteiger partial charge in [-0.2, -0.15) is 0 Å². The topological polar surface area (TPSA) is 20.2 Å². The van der Waals surface area contributed by atoms with Crippen molar-refractivity contribution in [3.8, 4) is 0 Å². The Balaban J connectivity index is 2.99. The van der Waals surface area contributed by atoms with Gasteiger partial charge in [0.2, 0.25) is 0 Å². The Bertz CT molecular complexity index is 250. The first-order chi connectivity index (χ1) is 5.27. The normalized spacial score (nSPS) is 10.1. The second kappa shape index (κ2) is 3.83. The third-order valence-electron chi connectivity index (χ3n) is 1.44. The van der Waals surface area contributed by atoms with Crippen molar-refractivity contribution >= 4 is 15.9 Å². The highest BCUT2D eigenvalue weighted by atomic mass is 79.9. The smallest absolute Gasteiger partial charge is 0.116 e. The lowest BCUT2D eigenvalue weighted by Gasteiger charge is -2.00. The van der Waals surface area contributed by atoms with Gasteiger partial charge in [0.1, 0.15) is 6.67 Å². The zero-order valence-electron chi connectivity index (χ0n) is 5.85. The summed E-state index contributed by atoms with van der Waals surface area (Å²) in [4.78, 5) is 0. The van der Waals surface area contributed by atoms with E-state index in [1.807, 2.05) is 0 Å². The minimum absolute atomic E-state index is 0.00876. The lowest BCUT2D eigenvalue weighted by molar-refractivity contribution is 0.281. The molecule has 0 atom stereocenters. The second-order valence-electron chi connectivity index (χ2n) is 2.22. The van der Waals surface area contributed by atoms with Crippen LogP contribution in [0, 0.1) is 0 Å². The van der Waals surface area contributed by atoms with Gasteiger partial charge in [-0.3, -0.25) is 0 Å². The highest BCUT2D eigenvalue weighted by molar-refractivity contribution is 9.10. The van der Waals surface area contributed by atoms with Crippen LogP contribution >= 0.6 is 15.9 Å². The van der Waals surface area contributed by atoms with Crippen molar-refractivity contribution in [1.82, 2.24) is 0 Å². The lowest BCUT2D eigenvalue weighted by Crippen LogP contribution is -1.86. The third-order valence-corrected chi connectivity index (χ3v) is 2.18. The molecule has 1 rings (SSSR count). The average molecular weight is 219 g/mol. The van der Waals surface area contributed by atoms with Gasteiger partial charge in [-0.25, -0.2) is 4.39 Å². The van der Waals surface area contributed by atoms with Crippen LogP contribution in [0.25, 0.3) is 0 Å². The van der Waals surface area contributed by atoms with Crippen LogP contribution in [0.2, 0.25) is 0 Å². The van der Waals surface area contributed by atoms with Gasteiger partial charge in [-0.1, -0.05) is 28.1 Å². The maximum atomic E-state index is 12.1. The van der Waals surface area contributed by atoms with Crippen molar-refractivity contribution < 1.29 is 9.50 Å². The Morgan fingerprint density at radius 1 is 1.45 bits per heavy atom. The molecule has 0 saturated carbocycles. The van der Waals surface area contributed by atoms with E-state index in [1.165, 1.54) is 0 Å². The predicted octanol–water partition coefficient (Wildman–Crippen LogP) is 2.41. The molecule has 0 aliphatic heterocycles. The number of hydrogen-bond acceptors (Lipinski definition) is 1. The van der Waals surface area contributed by atoms with Crippen LogP contribution < -0.4 is 0 Å². The van der Waals surface area contributed by atoms with E-state index in [9.17, 15) is 4.39 Å². The monoisotopic (exact) mass is 218 g/mol. The summed E-state index contributed by atoms with van der Waals surface area (Å²) in [5, 5.41) is 8.71. The summed E-state index contributed by atoms with van der Waals surface area (Å²) in [6.07, 6.45) is 0. The zero-order chi connectivity index (χ0) is 8.27. The first-order valence-electron chi connectivity index (χ1n) is 3.22. The fourth-order valence-corrected chi connectivity index (χ4v) is 1.33. The predicted molar refractivity (Wildman–Crippen MR) is 44.9 cm³/mol. The van der Waals surface area contributed by atoms with Crippen LogP contribution in [0.4, 0.5) is 4.39 Å². The lowest BCUT2D eigenvalue weighted by atomic mass is 10.2. The highest BCUT2D eigenvalue weighted by Gasteiger charge is 1.99. The quantitative estimate of drug-likeness (QED) is 0.809. The summed E-state index contributed by atoms with van der Waals surface area (Å²) in [6, 6.07) is 5.09. The van der Waals surface area contributed by atoms with E-state index in [4.69, 9.17) is 5.11 Å². The molecular weight excluding hydrogens is 211 g/mol. The molecule has 0 unspecified atom stereocenters. The fourth-order valence-electron chi connectivity index (χ4n) is 0.798. The van der Waals surface area contributed by atoms with Gasteiger partial charge in [-0.15, -0.1) is 0 Å². The fraction of sp³-hybridized carbons (Fsp3) is 0.250. The third kappa shape index (κ3) is 2.01. The number of aliphatic hydroxyl groups is 1. The van der Waals surface area contributed by atoms with Crippen molar-refractivity contribution in [3.05, 3.63) is 33.8 Å². The van der Waals surface area contributed by atoms with E-state index < -0.39 is 6.67 Å². The Kier molecular flexibility index (Phi) is 3.02. The van der Waals surface area contributed by atoms with E-state index in [1.54, 1.807) is 18.2 Å². The minimum atomic E-state index is -0.480. The first kappa shape index (κ1) is 8.68. The van der Waals surface area contributed by atoms with Gasteiger partial charge in [0.15, 0.2) is 0 Å². The number of aliphatic hydroxyl groups excluding tert-OH is 1. The number of benzene rings is 1. The molecule has 11 heavy (non-hydrogen) atoms. The molecule has 60 valence electrons. The van der Waals surface area contributed by atoms with Crippen molar-refractivity contribution in [2.45, 2.75) is 13.3 Å². The molecule has 0 bridgehead atoms. The molecule has 3 heteroatoms. The summed E-state index contributed by atoms with van der Waals surface area (Å²) in [5.41, 5.74) is 1.40. The van der Waals surface area contributed by atoms with Gasteiger partial charge in [0.05, 0.1) is 6.61 Å². The first-order valence-corrected chi connectivity index (χ1v) is 4.01. The van der Waals surface area contributed by atoms with Crippen LogP contribution in [0.15, 0.2) is 22.7 Å². The van der Waals surface area contributed by atoms with Crippen LogP contribution in [-0.2, 0) is 13.3 Å². The largest absolute Gasteiger partial charge is 0.392 e. The Labute approximate surface area is 73.0 Å². The number of halogens is 2. The Hall–Kier alpha value is -0.410. The minimum Gasteiger partial charge on any atom is -0.392 e. The Morgan fingerprint density at radius 2 is 2.18 bits per heavy atom. The molecule has 0 radical (unpaired) electrons. The van der Waals surface area contributed by atoms with Crippen LogP contribution in [0.5, 0.6) is 0 Å². The van der Waals surface area contributed by atoms with Crippen molar-refractivity contribution in [1.29, 1.82) is 0 Å². The molecule has 1 N–H and O–H groups in total. The average Bonchev–Trinajstić information content (AvgIpc) is 2.04. The molecule has 0 saturated heterocycles. The maximum absolute atomic E-state index is 12.1. The molecule has 1 aromatic rings. The van der Waals surface area contributed by atoms with E-state index in [2.05, 4.69) is 15.9 Å². The van der Waals surface area contributed by atoms with Crippen molar-refractivity contribution in [2.24, 2.45) is 0 Å². The van der Waals surface area contributed by atoms with Gasteiger partial charge < -0.3 is 5.11 Å². The summed E-state index contributed by atoms with van der Waals surface area (Å²) < 4.78 is 12.8. The van der Waals surface area contributed by atoms with Crippen molar-refractivity contribution in [3.63, 3.8) is 0 Å². The highest BCUT2D eigenvalue weighted by Crippen LogP contribution is 2.19. The van der Waals surface area contributed by atoms with Crippen LogP contribution in [-0.4, -0.2) is 5.11 Å². The van der Waals surface area contributed by atoms with Crippen LogP contribution in [0.3, 0.4) is 0 Å². The molecule has 0 aromatic heterocycles. The van der Waals surface area contributed by atoms with Crippen LogP contribution in [0.1, 0.15) is 11.1 Å². The summed E-state index contributed by atoms with van der Waals surface area (Å²) in [7, 11) is 0. The van der Waals surface area contributed by atoms with Gasteiger partial charge in [0, 0.05) is 4.47 Å². The number of rotatable bonds is 2. The molecule has 1 aromatic carbocycles. The van der Waals surface area contributed by atoms with E-state index in [0.29, 0.717) is 10.0 Å². The van der Waals surface area contributed by atoms with Gasteiger partial charge in [0.25, 0.3) is 0 Å². The maximum Gasteiger partial charge on any atom is 0.116 e. The van der Waals surface area contributed by atoms with E-state index in [0.717, 1.165) is 5.56 Å². The molecule has 0 aliphatic carbocycles. The molecule has 0 fully saturated rings. The standard InChI is InChI=1S/C8H8BrFO/c9-8-3-6(5-11)1-2-7(8)4-10/h1-3,11H,4-5H2. The SMILES string of the molecule is OCc1ccc(CF)c(Br)c1. The number of hydrogen-bond donors (Lipinski definition) is 1. The zero-order valence-corrected chi connectivity index (χ0v) is 7.44. The summed E-state index contributed by atoms with van der Waals surface area (Å²) in [6.45, 7) is -0.489. The molecular formula is C8H8BrFO. The number of alkyl halides is 1. The molecule has 0 heterocycles. The van der Waals surface area contributed by atoms with E-state index >= 15 is 0 Å². The summed E-state index contributed by atoms with van der Waals surface area (Å²) >= 11 is 3.20. The summed E-state index contributed by atoms with van der Waals surface area (Å²) in [5.74, 6) is 0. The van der Waals surface area contributed by atoms with Gasteiger partial charge in [-0.05, 0) is 17.2 Å². The van der Waals surface area contributed by atoms with Crippen molar-refractivity contribution in [2.75, 3.05) is 0 Å².